The zero-order valence-corrected chi connectivity index (χ0v) is 23.2. The summed E-state index contributed by atoms with van der Waals surface area (Å²) < 4.78 is 56.8. The van der Waals surface area contributed by atoms with Gasteiger partial charge < -0.3 is 14.2 Å². The number of aryl methyl sites for hydroxylation is 1. The highest BCUT2D eigenvalue weighted by atomic mass is 19.4. The molecule has 0 radical (unpaired) electrons. The summed E-state index contributed by atoms with van der Waals surface area (Å²) in [6, 6.07) is 15.8. The number of ether oxygens (including phenoxy) is 3. The summed E-state index contributed by atoms with van der Waals surface area (Å²) in [5.41, 5.74) is 2.33. The average Bonchev–Trinajstić information content (AvgIpc) is 2.91. The second kappa shape index (κ2) is 12.1. The quantitative estimate of drug-likeness (QED) is 0.266. The van der Waals surface area contributed by atoms with Crippen LogP contribution in [0, 0.1) is 6.92 Å². The van der Waals surface area contributed by atoms with Crippen LogP contribution in [0.15, 0.2) is 66.7 Å². The Kier molecular flexibility index (Phi) is 8.76. The number of halogens is 3. The minimum Gasteiger partial charge on any atom is -0.494 e. The maximum atomic E-state index is 13.5. The molecule has 0 fully saturated rings. The number of benzene rings is 3. The van der Waals surface area contributed by atoms with Gasteiger partial charge in [-0.1, -0.05) is 43.7 Å². The van der Waals surface area contributed by atoms with E-state index in [4.69, 9.17) is 14.2 Å². The molecular formula is C32H34F3NO4. The van der Waals surface area contributed by atoms with Gasteiger partial charge >= 0.3 is 12.3 Å². The number of hydrogen-bond donors (Lipinski definition) is 0. The molecule has 3 aromatic rings. The number of rotatable bonds is 9. The van der Waals surface area contributed by atoms with Crippen LogP contribution in [0.25, 0.3) is 6.08 Å². The zero-order chi connectivity index (χ0) is 28.9. The molecule has 0 spiro atoms. The van der Waals surface area contributed by atoms with Crippen molar-refractivity contribution in [2.75, 3.05) is 11.5 Å². The van der Waals surface area contributed by atoms with Crippen LogP contribution in [-0.2, 0) is 24.1 Å². The molecule has 0 saturated heterocycles. The van der Waals surface area contributed by atoms with E-state index in [1.54, 1.807) is 12.1 Å². The van der Waals surface area contributed by atoms with Crippen LogP contribution < -0.4 is 14.4 Å². The second-order valence-corrected chi connectivity index (χ2v) is 10.1. The number of amides is 1. The van der Waals surface area contributed by atoms with Gasteiger partial charge in [0, 0.05) is 5.56 Å². The number of hydrogen-bond acceptors (Lipinski definition) is 4. The van der Waals surface area contributed by atoms with Crippen LogP contribution in [0.1, 0.15) is 61.4 Å². The number of carbonyl (C=O) groups excluding carboxylic acids is 1. The lowest BCUT2D eigenvalue weighted by atomic mass is 9.94. The first-order chi connectivity index (χ1) is 19.0. The Morgan fingerprint density at radius 1 is 1.00 bits per heavy atom. The van der Waals surface area contributed by atoms with Crippen molar-refractivity contribution in [2.24, 2.45) is 0 Å². The van der Waals surface area contributed by atoms with E-state index in [0.717, 1.165) is 53.2 Å². The van der Waals surface area contributed by atoms with Crippen molar-refractivity contribution >= 4 is 17.9 Å². The lowest BCUT2D eigenvalue weighted by Gasteiger charge is -2.33. The summed E-state index contributed by atoms with van der Waals surface area (Å²) in [5.74, 6) is 1.44. The highest BCUT2D eigenvalue weighted by Crippen LogP contribution is 2.38. The molecule has 0 bridgehead atoms. The Morgan fingerprint density at radius 3 is 2.30 bits per heavy atom. The number of alkyl halides is 3. The van der Waals surface area contributed by atoms with Crippen LogP contribution in [0.5, 0.6) is 11.5 Å². The van der Waals surface area contributed by atoms with E-state index in [9.17, 15) is 18.0 Å². The van der Waals surface area contributed by atoms with Gasteiger partial charge in [-0.15, -0.1) is 0 Å². The van der Waals surface area contributed by atoms with Gasteiger partial charge in [0.1, 0.15) is 23.7 Å². The van der Waals surface area contributed by atoms with Crippen molar-refractivity contribution in [1.29, 1.82) is 0 Å². The molecule has 0 aromatic heterocycles. The molecule has 0 aliphatic carbocycles. The predicted molar refractivity (Wildman–Crippen MR) is 150 cm³/mol. The molecule has 40 heavy (non-hydrogen) atoms. The highest BCUT2D eigenvalue weighted by Gasteiger charge is 2.31. The zero-order valence-electron chi connectivity index (χ0n) is 23.2. The highest BCUT2D eigenvalue weighted by molar-refractivity contribution is 5.89. The van der Waals surface area contributed by atoms with Gasteiger partial charge in [0.2, 0.25) is 0 Å². The molecule has 212 valence electrons. The summed E-state index contributed by atoms with van der Waals surface area (Å²) in [7, 11) is 0. The molecule has 0 N–H and O–H groups in total. The first-order valence-corrected chi connectivity index (χ1v) is 13.4. The molecule has 1 aliphatic rings. The Labute approximate surface area is 233 Å². The van der Waals surface area contributed by atoms with E-state index in [2.05, 4.69) is 6.92 Å². The molecule has 1 amide bonds. The van der Waals surface area contributed by atoms with Crippen LogP contribution in [0.3, 0.4) is 0 Å². The molecule has 8 heteroatoms. The van der Waals surface area contributed by atoms with Gasteiger partial charge in [-0.3, -0.25) is 4.90 Å². The van der Waals surface area contributed by atoms with Crippen molar-refractivity contribution in [1.82, 2.24) is 0 Å². The number of anilines is 1. The number of fused-ring (bicyclic) bond motifs is 1. The topological polar surface area (TPSA) is 48.0 Å². The van der Waals surface area contributed by atoms with Crippen LogP contribution in [-0.4, -0.2) is 18.3 Å². The largest absolute Gasteiger partial charge is 0.494 e. The lowest BCUT2D eigenvalue weighted by Crippen LogP contribution is -2.33. The van der Waals surface area contributed by atoms with Crippen molar-refractivity contribution in [2.45, 2.75) is 65.5 Å². The second-order valence-electron chi connectivity index (χ2n) is 10.1. The lowest BCUT2D eigenvalue weighted by molar-refractivity contribution is -0.137. The van der Waals surface area contributed by atoms with Crippen molar-refractivity contribution in [3.63, 3.8) is 0 Å². The minimum atomic E-state index is -4.44. The van der Waals surface area contributed by atoms with Gasteiger partial charge in [0.25, 0.3) is 0 Å². The summed E-state index contributed by atoms with van der Waals surface area (Å²) in [6.45, 7) is 8.50. The summed E-state index contributed by atoms with van der Waals surface area (Å²) in [5, 5.41) is 0. The first-order valence-electron chi connectivity index (χ1n) is 13.4. The molecular weight excluding hydrogens is 519 g/mol. The van der Waals surface area contributed by atoms with Crippen LogP contribution >= 0.6 is 0 Å². The molecule has 1 unspecified atom stereocenters. The minimum absolute atomic E-state index is 0.0249. The van der Waals surface area contributed by atoms with Crippen molar-refractivity contribution < 1.29 is 32.2 Å². The third-order valence-electron chi connectivity index (χ3n) is 6.76. The third-order valence-corrected chi connectivity index (χ3v) is 6.76. The van der Waals surface area contributed by atoms with E-state index in [1.807, 2.05) is 57.2 Å². The van der Waals surface area contributed by atoms with Gasteiger partial charge in [0.05, 0.1) is 24.4 Å². The molecule has 3 aromatic carbocycles. The molecule has 1 aliphatic heterocycles. The fourth-order valence-electron chi connectivity index (χ4n) is 4.68. The Morgan fingerprint density at radius 2 is 1.68 bits per heavy atom. The van der Waals surface area contributed by atoms with Gasteiger partial charge in [-0.05, 0) is 86.4 Å². The monoisotopic (exact) mass is 553 g/mol. The maximum Gasteiger partial charge on any atom is 0.416 e. The van der Waals surface area contributed by atoms with Crippen molar-refractivity contribution in [3.8, 4) is 11.5 Å². The number of nitrogens with zero attached hydrogens (tertiary/aromatic N) is 1. The Bertz CT molecular complexity index is 1350. The fraction of sp³-hybridized carbons (Fsp3) is 0.344. The molecule has 4 rings (SSSR count). The predicted octanol–water partition coefficient (Wildman–Crippen LogP) is 8.72. The summed E-state index contributed by atoms with van der Waals surface area (Å²) in [6.07, 6.45) is 0.772. The molecule has 1 heterocycles. The van der Waals surface area contributed by atoms with E-state index in [0.29, 0.717) is 17.9 Å². The SMILES string of the molecule is CCCC1(C)C=Cc2cc(N(Cc3ccc(C(F)(F)F)cc3)C(=O)OCc3ccc(OCC)cc3)c(C)cc2O1. The van der Waals surface area contributed by atoms with E-state index in [1.165, 1.54) is 17.0 Å². The van der Waals surface area contributed by atoms with Gasteiger partial charge in [-0.25, -0.2) is 4.79 Å². The van der Waals surface area contributed by atoms with Gasteiger partial charge in [-0.2, -0.15) is 13.2 Å². The fourth-order valence-corrected chi connectivity index (χ4v) is 4.68. The molecule has 0 saturated carbocycles. The Balaban J connectivity index is 1.62. The van der Waals surface area contributed by atoms with E-state index >= 15 is 0 Å². The third kappa shape index (κ3) is 6.97. The smallest absolute Gasteiger partial charge is 0.416 e. The molecule has 5 nitrogen and oxygen atoms in total. The van der Waals surface area contributed by atoms with Gasteiger partial charge in [0.15, 0.2) is 0 Å². The normalized spacial score (nSPS) is 16.2. The van der Waals surface area contributed by atoms with Crippen LogP contribution in [0.2, 0.25) is 0 Å². The van der Waals surface area contributed by atoms with E-state index < -0.39 is 23.4 Å². The number of carbonyl (C=O) groups is 1. The van der Waals surface area contributed by atoms with Crippen LogP contribution in [0.4, 0.5) is 23.7 Å². The first kappa shape index (κ1) is 29.1. The Hall–Kier alpha value is -3.94. The molecule has 1 atom stereocenters. The standard InChI is InChI=1S/C32H34F3NO4/c1-5-16-31(4)17-15-25-19-28(22(3)18-29(25)40-31)36(20-23-7-11-26(12-8-23)32(33,34)35)30(37)39-21-24-9-13-27(14-10-24)38-6-2/h7-15,17-19H,5-6,16,20-21H2,1-4H3. The maximum absolute atomic E-state index is 13.5. The van der Waals surface area contributed by atoms with E-state index in [-0.39, 0.29) is 13.2 Å². The summed E-state index contributed by atoms with van der Waals surface area (Å²) in [4.78, 5) is 14.9. The summed E-state index contributed by atoms with van der Waals surface area (Å²) >= 11 is 0. The van der Waals surface area contributed by atoms with Crippen molar-refractivity contribution in [3.05, 3.63) is 94.6 Å². The average molecular weight is 554 g/mol.